The fourth-order valence-electron chi connectivity index (χ4n) is 1.42. The number of hydrogen-bond acceptors (Lipinski definition) is 4. The van der Waals surface area contributed by atoms with Gasteiger partial charge in [0.2, 0.25) is 0 Å². The van der Waals surface area contributed by atoms with Gasteiger partial charge in [0.05, 0.1) is 0 Å². The van der Waals surface area contributed by atoms with Crippen LogP contribution in [0.5, 0.6) is 0 Å². The van der Waals surface area contributed by atoms with Gasteiger partial charge in [-0.05, 0) is 24.1 Å². The van der Waals surface area contributed by atoms with Crippen molar-refractivity contribution in [3.63, 3.8) is 0 Å². The molecule has 0 radical (unpaired) electrons. The number of halogens is 3. The molecule has 1 aromatic carbocycles. The minimum Gasteiger partial charge on any atom is -0.463 e. The molecular weight excluding hydrogens is 339 g/mol. The van der Waals surface area contributed by atoms with Crippen molar-refractivity contribution in [2.24, 2.45) is 0 Å². The van der Waals surface area contributed by atoms with Crippen LogP contribution in [0.1, 0.15) is 24.8 Å². The smallest absolute Gasteiger partial charge is 0.306 e. The summed E-state index contributed by atoms with van der Waals surface area (Å²) in [6.45, 7) is 0.129. The molecular formula is C14H15Cl3O4. The third-order valence-electron chi connectivity index (χ3n) is 2.45. The summed E-state index contributed by atoms with van der Waals surface area (Å²) in [5, 5.41) is 0.625. The fraction of sp³-hybridized carbons (Fsp3) is 0.429. The second-order valence-corrected chi connectivity index (χ2v) is 5.93. The van der Waals surface area contributed by atoms with E-state index in [0.717, 1.165) is 5.56 Å². The first-order chi connectivity index (χ1) is 9.97. The number of carbonyl (C=O) groups excluding carboxylic acids is 2. The van der Waals surface area contributed by atoms with Gasteiger partial charge in [0, 0.05) is 17.9 Å². The molecule has 7 heteroatoms. The molecule has 0 aliphatic carbocycles. The van der Waals surface area contributed by atoms with Gasteiger partial charge >= 0.3 is 11.9 Å². The zero-order valence-electron chi connectivity index (χ0n) is 11.2. The van der Waals surface area contributed by atoms with Crippen molar-refractivity contribution in [2.75, 3.05) is 6.61 Å². The van der Waals surface area contributed by atoms with Crippen molar-refractivity contribution >= 4 is 46.7 Å². The summed E-state index contributed by atoms with van der Waals surface area (Å²) in [7, 11) is 0. The number of ether oxygens (including phenoxy) is 2. The predicted octanol–water partition coefficient (Wildman–Crippen LogP) is 3.90. The van der Waals surface area contributed by atoms with Crippen molar-refractivity contribution in [1.29, 1.82) is 0 Å². The van der Waals surface area contributed by atoms with E-state index in [1.54, 1.807) is 24.3 Å². The molecule has 1 rings (SSSR count). The highest BCUT2D eigenvalue weighted by Crippen LogP contribution is 2.11. The first-order valence-corrected chi connectivity index (χ1v) is 7.56. The molecule has 21 heavy (non-hydrogen) atoms. The average Bonchev–Trinajstić information content (AvgIpc) is 2.44. The maximum atomic E-state index is 11.5. The largest absolute Gasteiger partial charge is 0.463 e. The molecule has 0 saturated carbocycles. The molecule has 0 heterocycles. The van der Waals surface area contributed by atoms with Gasteiger partial charge in [0.15, 0.2) is 0 Å². The molecule has 4 nitrogen and oxygen atoms in total. The third-order valence-corrected chi connectivity index (χ3v) is 2.95. The van der Waals surface area contributed by atoms with Crippen LogP contribution in [0.2, 0.25) is 5.02 Å². The highest BCUT2D eigenvalue weighted by Gasteiger charge is 2.09. The van der Waals surface area contributed by atoms with Crippen LogP contribution in [-0.2, 0) is 25.7 Å². The molecule has 0 saturated heterocycles. The number of rotatable bonds is 8. The van der Waals surface area contributed by atoms with E-state index in [-0.39, 0.29) is 32.0 Å². The summed E-state index contributed by atoms with van der Waals surface area (Å²) in [6, 6.07) is 7.01. The van der Waals surface area contributed by atoms with Crippen LogP contribution in [0, 0.1) is 0 Å². The molecule has 0 atom stereocenters. The first kappa shape index (κ1) is 18.1. The molecule has 1 aromatic rings. The Labute approximate surface area is 138 Å². The predicted molar refractivity (Wildman–Crippen MR) is 81.6 cm³/mol. The summed E-state index contributed by atoms with van der Waals surface area (Å²) >= 11 is 16.6. The van der Waals surface area contributed by atoms with Crippen LogP contribution in [0.3, 0.4) is 0 Å². The van der Waals surface area contributed by atoms with E-state index >= 15 is 0 Å². The molecule has 116 valence electrons. The lowest BCUT2D eigenvalue weighted by Gasteiger charge is -2.06. The van der Waals surface area contributed by atoms with E-state index < -0.39 is 10.8 Å². The SMILES string of the molecule is O=C(CCCC(=O)OCC(Cl)Cl)OCc1ccc(Cl)cc1. The number of carbonyl (C=O) groups is 2. The van der Waals surface area contributed by atoms with Crippen molar-refractivity contribution < 1.29 is 19.1 Å². The van der Waals surface area contributed by atoms with Gasteiger partial charge in [-0.2, -0.15) is 0 Å². The van der Waals surface area contributed by atoms with Crippen LogP contribution < -0.4 is 0 Å². The molecule has 0 aliphatic heterocycles. The summed E-state index contributed by atoms with van der Waals surface area (Å²) in [4.78, 5) is 22.0. The van der Waals surface area contributed by atoms with Crippen molar-refractivity contribution in [3.8, 4) is 0 Å². The second-order valence-electron chi connectivity index (χ2n) is 4.21. The zero-order chi connectivity index (χ0) is 15.7. The van der Waals surface area contributed by atoms with Gasteiger partial charge in [-0.3, -0.25) is 9.59 Å². The molecule has 0 unspecified atom stereocenters. The molecule has 0 fully saturated rings. The monoisotopic (exact) mass is 352 g/mol. The molecule has 0 N–H and O–H groups in total. The van der Waals surface area contributed by atoms with Gasteiger partial charge in [0.1, 0.15) is 18.1 Å². The number of benzene rings is 1. The van der Waals surface area contributed by atoms with Gasteiger partial charge in [-0.25, -0.2) is 0 Å². The van der Waals surface area contributed by atoms with Crippen LogP contribution in [0.15, 0.2) is 24.3 Å². The Hall–Kier alpha value is -0.970. The summed E-state index contributed by atoms with van der Waals surface area (Å²) in [5.41, 5.74) is 0.849. The van der Waals surface area contributed by atoms with Gasteiger partial charge in [-0.1, -0.05) is 23.7 Å². The van der Waals surface area contributed by atoms with E-state index in [1.807, 2.05) is 0 Å². The lowest BCUT2D eigenvalue weighted by molar-refractivity contribution is -0.146. The van der Waals surface area contributed by atoms with Crippen LogP contribution in [-0.4, -0.2) is 23.4 Å². The molecule has 0 spiro atoms. The summed E-state index contributed by atoms with van der Waals surface area (Å²) < 4.78 is 9.83. The average molecular weight is 354 g/mol. The highest BCUT2D eigenvalue weighted by molar-refractivity contribution is 6.44. The van der Waals surface area contributed by atoms with E-state index in [4.69, 9.17) is 44.3 Å². The number of alkyl halides is 2. The highest BCUT2D eigenvalue weighted by atomic mass is 35.5. The Morgan fingerprint density at radius 2 is 1.57 bits per heavy atom. The molecule has 0 aliphatic rings. The minimum absolute atomic E-state index is 0.0526. The van der Waals surface area contributed by atoms with Crippen molar-refractivity contribution in [2.45, 2.75) is 30.7 Å². The lowest BCUT2D eigenvalue weighted by Crippen LogP contribution is -2.11. The fourth-order valence-corrected chi connectivity index (χ4v) is 1.67. The second kappa shape index (κ2) is 9.87. The minimum atomic E-state index is -0.738. The van der Waals surface area contributed by atoms with Gasteiger partial charge in [0.25, 0.3) is 0 Å². The quantitative estimate of drug-likeness (QED) is 0.525. The van der Waals surface area contributed by atoms with E-state index in [0.29, 0.717) is 11.4 Å². The molecule has 0 amide bonds. The Kier molecular flexibility index (Phi) is 8.50. The first-order valence-electron chi connectivity index (χ1n) is 6.31. The topological polar surface area (TPSA) is 52.6 Å². The summed E-state index contributed by atoms with van der Waals surface area (Å²) in [5.74, 6) is -0.808. The van der Waals surface area contributed by atoms with Crippen LogP contribution in [0.4, 0.5) is 0 Å². The Bertz CT molecular complexity index is 460. The molecule has 0 bridgehead atoms. The summed E-state index contributed by atoms with van der Waals surface area (Å²) in [6.07, 6.45) is 0.623. The number of hydrogen-bond donors (Lipinski definition) is 0. The normalized spacial score (nSPS) is 10.5. The van der Waals surface area contributed by atoms with E-state index in [9.17, 15) is 9.59 Å². The Balaban J connectivity index is 2.14. The third kappa shape index (κ3) is 8.81. The standard InChI is InChI=1S/C14H15Cl3O4/c15-11-6-4-10(5-7-11)8-20-13(18)2-1-3-14(19)21-9-12(16)17/h4-7,12H,1-3,8-9H2. The van der Waals surface area contributed by atoms with Crippen LogP contribution >= 0.6 is 34.8 Å². The van der Waals surface area contributed by atoms with E-state index in [1.165, 1.54) is 0 Å². The van der Waals surface area contributed by atoms with E-state index in [2.05, 4.69) is 0 Å². The maximum absolute atomic E-state index is 11.5. The Morgan fingerprint density at radius 1 is 1.00 bits per heavy atom. The van der Waals surface area contributed by atoms with Gasteiger partial charge in [-0.15, -0.1) is 23.2 Å². The number of esters is 2. The van der Waals surface area contributed by atoms with Gasteiger partial charge < -0.3 is 9.47 Å². The zero-order valence-corrected chi connectivity index (χ0v) is 13.5. The molecule has 0 aromatic heterocycles. The lowest BCUT2D eigenvalue weighted by atomic mass is 10.2. The van der Waals surface area contributed by atoms with Crippen LogP contribution in [0.25, 0.3) is 0 Å². The maximum Gasteiger partial charge on any atom is 0.306 e. The van der Waals surface area contributed by atoms with Crippen molar-refractivity contribution in [3.05, 3.63) is 34.9 Å². The van der Waals surface area contributed by atoms with Crippen molar-refractivity contribution in [1.82, 2.24) is 0 Å². The Morgan fingerprint density at radius 3 is 2.14 bits per heavy atom.